The first-order valence-corrected chi connectivity index (χ1v) is 6.36. The maximum atomic E-state index is 4.75. The largest absolute Gasteiger partial charge is 0.317 e. The van der Waals surface area contributed by atoms with Crippen molar-refractivity contribution < 1.29 is 0 Å². The van der Waals surface area contributed by atoms with E-state index >= 15 is 0 Å². The predicted molar refractivity (Wildman–Crippen MR) is 70.1 cm³/mol. The Balaban J connectivity index is 1.89. The van der Waals surface area contributed by atoms with Crippen LogP contribution in [0.25, 0.3) is 11.3 Å². The molecule has 0 unspecified atom stereocenters. The highest BCUT2D eigenvalue weighted by molar-refractivity contribution is 5.57. The van der Waals surface area contributed by atoms with Gasteiger partial charge < -0.3 is 5.32 Å². The topological polar surface area (TPSA) is 50.7 Å². The molecule has 0 aromatic carbocycles. The Bertz CT molecular complexity index is 506. The summed E-state index contributed by atoms with van der Waals surface area (Å²) in [5.41, 5.74) is 3.13. The van der Waals surface area contributed by atoms with Crippen molar-refractivity contribution >= 4 is 0 Å². The minimum absolute atomic E-state index is 0.542. The smallest absolute Gasteiger partial charge is 0.0889 e. The number of piperidine rings is 1. The monoisotopic (exact) mass is 240 g/mol. The Morgan fingerprint density at radius 1 is 1.00 bits per heavy atom. The van der Waals surface area contributed by atoms with Gasteiger partial charge in [0.1, 0.15) is 0 Å². The minimum atomic E-state index is 0.542. The van der Waals surface area contributed by atoms with E-state index in [2.05, 4.69) is 15.3 Å². The third kappa shape index (κ3) is 2.38. The molecule has 1 aliphatic heterocycles. The van der Waals surface area contributed by atoms with Gasteiger partial charge in [-0.3, -0.25) is 9.97 Å². The summed E-state index contributed by atoms with van der Waals surface area (Å²) >= 11 is 0. The second kappa shape index (κ2) is 5.23. The van der Waals surface area contributed by atoms with Gasteiger partial charge in [0, 0.05) is 30.1 Å². The second-order valence-corrected chi connectivity index (χ2v) is 4.59. The van der Waals surface area contributed by atoms with Crippen LogP contribution >= 0.6 is 0 Å². The fourth-order valence-electron chi connectivity index (χ4n) is 2.36. The number of hydrogen-bond acceptors (Lipinski definition) is 4. The highest BCUT2D eigenvalue weighted by atomic mass is 14.9. The van der Waals surface area contributed by atoms with Gasteiger partial charge in [-0.2, -0.15) is 0 Å². The van der Waals surface area contributed by atoms with Crippen molar-refractivity contribution in [1.29, 1.82) is 0 Å². The van der Waals surface area contributed by atoms with E-state index in [1.54, 1.807) is 12.4 Å². The number of aromatic nitrogens is 3. The molecule has 0 spiro atoms. The van der Waals surface area contributed by atoms with Gasteiger partial charge in [-0.1, -0.05) is 0 Å². The number of rotatable bonds is 2. The molecule has 1 aliphatic rings. The van der Waals surface area contributed by atoms with E-state index in [-0.39, 0.29) is 0 Å². The minimum Gasteiger partial charge on any atom is -0.317 e. The maximum Gasteiger partial charge on any atom is 0.0889 e. The van der Waals surface area contributed by atoms with Crippen molar-refractivity contribution in [2.75, 3.05) is 13.1 Å². The average molecular weight is 240 g/mol. The van der Waals surface area contributed by atoms with E-state index in [1.165, 1.54) is 0 Å². The van der Waals surface area contributed by atoms with Crippen LogP contribution in [0.5, 0.6) is 0 Å². The van der Waals surface area contributed by atoms with Crippen LogP contribution in [-0.2, 0) is 0 Å². The molecular weight excluding hydrogens is 224 g/mol. The molecule has 92 valence electrons. The lowest BCUT2D eigenvalue weighted by atomic mass is 9.95. The van der Waals surface area contributed by atoms with Gasteiger partial charge in [0.2, 0.25) is 0 Å². The van der Waals surface area contributed by atoms with E-state index in [0.717, 1.165) is 42.9 Å². The summed E-state index contributed by atoms with van der Waals surface area (Å²) in [7, 11) is 0. The van der Waals surface area contributed by atoms with Gasteiger partial charge >= 0.3 is 0 Å². The second-order valence-electron chi connectivity index (χ2n) is 4.59. The van der Waals surface area contributed by atoms with Crippen LogP contribution in [-0.4, -0.2) is 28.0 Å². The number of nitrogens with zero attached hydrogens (tertiary/aromatic N) is 3. The molecule has 3 heterocycles. The van der Waals surface area contributed by atoms with E-state index in [1.807, 2.05) is 24.5 Å². The van der Waals surface area contributed by atoms with Crippen molar-refractivity contribution in [1.82, 2.24) is 20.3 Å². The van der Waals surface area contributed by atoms with Crippen molar-refractivity contribution in [2.45, 2.75) is 18.8 Å². The first-order valence-electron chi connectivity index (χ1n) is 6.36. The molecule has 3 rings (SSSR count). The van der Waals surface area contributed by atoms with Crippen molar-refractivity contribution in [2.24, 2.45) is 0 Å². The molecule has 18 heavy (non-hydrogen) atoms. The summed E-state index contributed by atoms with van der Waals surface area (Å²) in [4.78, 5) is 13.1. The number of hydrogen-bond donors (Lipinski definition) is 1. The Labute approximate surface area is 107 Å². The first kappa shape index (κ1) is 11.3. The summed E-state index contributed by atoms with van der Waals surface area (Å²) < 4.78 is 0. The SMILES string of the molecule is c1cc(-c2cncc(C3CCNCC3)n2)ccn1. The molecule has 1 fully saturated rings. The zero-order valence-corrected chi connectivity index (χ0v) is 10.2. The zero-order chi connectivity index (χ0) is 12.2. The van der Waals surface area contributed by atoms with Crippen molar-refractivity contribution in [3.63, 3.8) is 0 Å². The van der Waals surface area contributed by atoms with E-state index < -0.39 is 0 Å². The standard InChI is InChI=1S/C14H16N4/c1-5-15-6-2-11(1)13-9-17-10-14(18-13)12-3-7-16-8-4-12/h1-2,5-6,9-10,12,16H,3-4,7-8H2. The fraction of sp³-hybridized carbons (Fsp3) is 0.357. The van der Waals surface area contributed by atoms with Crippen LogP contribution in [0.15, 0.2) is 36.9 Å². The van der Waals surface area contributed by atoms with Crippen LogP contribution in [0.3, 0.4) is 0 Å². The quantitative estimate of drug-likeness (QED) is 0.872. The van der Waals surface area contributed by atoms with Crippen LogP contribution in [0.2, 0.25) is 0 Å². The maximum absolute atomic E-state index is 4.75. The van der Waals surface area contributed by atoms with Gasteiger partial charge in [0.05, 0.1) is 17.6 Å². The van der Waals surface area contributed by atoms with Crippen LogP contribution in [0, 0.1) is 0 Å². The number of pyridine rings is 1. The molecule has 2 aromatic heterocycles. The third-order valence-electron chi connectivity index (χ3n) is 3.39. The van der Waals surface area contributed by atoms with Crippen LogP contribution in [0.4, 0.5) is 0 Å². The first-order chi connectivity index (χ1) is 8.93. The highest BCUT2D eigenvalue weighted by Crippen LogP contribution is 2.24. The van der Waals surface area contributed by atoms with Gasteiger partial charge in [0.25, 0.3) is 0 Å². The summed E-state index contributed by atoms with van der Waals surface area (Å²) in [6, 6.07) is 3.94. The molecule has 1 saturated heterocycles. The molecule has 4 heteroatoms. The van der Waals surface area contributed by atoms with Crippen LogP contribution in [0.1, 0.15) is 24.5 Å². The molecule has 2 aromatic rings. The molecule has 0 bridgehead atoms. The molecule has 0 aliphatic carbocycles. The lowest BCUT2D eigenvalue weighted by Gasteiger charge is -2.22. The highest BCUT2D eigenvalue weighted by Gasteiger charge is 2.17. The summed E-state index contributed by atoms with van der Waals surface area (Å²) in [6.07, 6.45) is 9.59. The van der Waals surface area contributed by atoms with Gasteiger partial charge in [-0.25, -0.2) is 4.98 Å². The average Bonchev–Trinajstić information content (AvgIpc) is 2.49. The summed E-state index contributed by atoms with van der Waals surface area (Å²) in [5.74, 6) is 0.542. The molecule has 0 atom stereocenters. The van der Waals surface area contributed by atoms with Gasteiger partial charge in [0.15, 0.2) is 0 Å². The van der Waals surface area contributed by atoms with Gasteiger partial charge in [-0.05, 0) is 38.1 Å². The molecule has 0 radical (unpaired) electrons. The molecule has 4 nitrogen and oxygen atoms in total. The van der Waals surface area contributed by atoms with Gasteiger partial charge in [-0.15, -0.1) is 0 Å². The molecule has 1 N–H and O–H groups in total. The molecule has 0 amide bonds. The Morgan fingerprint density at radius 3 is 2.56 bits per heavy atom. The van der Waals surface area contributed by atoms with Crippen molar-refractivity contribution in [3.8, 4) is 11.3 Å². The predicted octanol–water partition coefficient (Wildman–Crippen LogP) is 2.01. The molecule has 0 saturated carbocycles. The Kier molecular flexibility index (Phi) is 3.28. The van der Waals surface area contributed by atoms with E-state index in [0.29, 0.717) is 5.92 Å². The van der Waals surface area contributed by atoms with Crippen LogP contribution < -0.4 is 5.32 Å². The Hall–Kier alpha value is -1.81. The summed E-state index contributed by atoms with van der Waals surface area (Å²) in [5, 5.41) is 3.37. The lowest BCUT2D eigenvalue weighted by Crippen LogP contribution is -2.27. The Morgan fingerprint density at radius 2 is 1.78 bits per heavy atom. The summed E-state index contributed by atoms with van der Waals surface area (Å²) in [6.45, 7) is 2.15. The third-order valence-corrected chi connectivity index (χ3v) is 3.39. The van der Waals surface area contributed by atoms with Crippen molar-refractivity contribution in [3.05, 3.63) is 42.6 Å². The zero-order valence-electron chi connectivity index (χ0n) is 10.2. The lowest BCUT2D eigenvalue weighted by molar-refractivity contribution is 0.452. The normalized spacial score (nSPS) is 16.7. The van der Waals surface area contributed by atoms with E-state index in [4.69, 9.17) is 4.98 Å². The number of nitrogens with one attached hydrogen (secondary N) is 1. The van der Waals surface area contributed by atoms with E-state index in [9.17, 15) is 0 Å². The fourth-order valence-corrected chi connectivity index (χ4v) is 2.36. The molecular formula is C14H16N4.